The van der Waals surface area contributed by atoms with Gasteiger partial charge in [0.2, 0.25) is 10.0 Å². The maximum atomic E-state index is 12.7. The van der Waals surface area contributed by atoms with E-state index in [4.69, 9.17) is 4.74 Å². The lowest BCUT2D eigenvalue weighted by Gasteiger charge is -2.25. The van der Waals surface area contributed by atoms with Crippen molar-refractivity contribution >= 4 is 39.3 Å². The summed E-state index contributed by atoms with van der Waals surface area (Å²) in [7, 11) is -3.53. The average Bonchev–Trinajstić information content (AvgIpc) is 2.79. The number of hydrogen-bond donors (Lipinski definition) is 1. The van der Waals surface area contributed by atoms with Crippen molar-refractivity contribution in [2.45, 2.75) is 42.2 Å². The maximum Gasteiger partial charge on any atom is 0.341 e. The molecule has 0 bridgehead atoms. The van der Waals surface area contributed by atoms with Crippen LogP contribution in [0, 0.1) is 0 Å². The lowest BCUT2D eigenvalue weighted by atomic mass is 10.2. The van der Waals surface area contributed by atoms with Gasteiger partial charge < -0.3 is 10.1 Å². The molecule has 2 heterocycles. The summed E-state index contributed by atoms with van der Waals surface area (Å²) in [6.07, 6.45) is 5.10. The number of esters is 1. The number of pyridine rings is 1. The Morgan fingerprint density at radius 3 is 2.45 bits per heavy atom. The zero-order valence-electron chi connectivity index (χ0n) is 17.4. The van der Waals surface area contributed by atoms with Crippen LogP contribution in [-0.2, 0) is 19.6 Å². The van der Waals surface area contributed by atoms with E-state index < -0.39 is 28.0 Å². The average molecular weight is 464 g/mol. The first-order valence-electron chi connectivity index (χ1n) is 9.94. The highest BCUT2D eigenvalue weighted by Gasteiger charge is 2.26. The summed E-state index contributed by atoms with van der Waals surface area (Å²) in [5, 5.41) is 3.16. The maximum absolute atomic E-state index is 12.7. The van der Waals surface area contributed by atoms with Crippen LogP contribution in [0.5, 0.6) is 0 Å². The van der Waals surface area contributed by atoms with Crippen molar-refractivity contribution < 1.29 is 22.7 Å². The Morgan fingerprint density at radius 1 is 1.13 bits per heavy atom. The smallest absolute Gasteiger partial charge is 0.341 e. The van der Waals surface area contributed by atoms with Gasteiger partial charge in [0.15, 0.2) is 6.10 Å². The Labute approximate surface area is 186 Å². The van der Waals surface area contributed by atoms with Gasteiger partial charge in [-0.15, -0.1) is 11.8 Å². The van der Waals surface area contributed by atoms with E-state index in [9.17, 15) is 18.0 Å². The minimum atomic E-state index is -3.53. The molecular formula is C21H25N3O5S2. The molecule has 3 rings (SSSR count). The monoisotopic (exact) mass is 463 g/mol. The number of thioether (sulfide) groups is 1. The highest BCUT2D eigenvalue weighted by atomic mass is 32.2. The van der Waals surface area contributed by atoms with Crippen LogP contribution >= 0.6 is 11.8 Å². The van der Waals surface area contributed by atoms with Gasteiger partial charge in [-0.2, -0.15) is 4.31 Å². The lowest BCUT2D eigenvalue weighted by molar-refractivity contribution is -0.123. The number of rotatable bonds is 7. The summed E-state index contributed by atoms with van der Waals surface area (Å²) >= 11 is 1.31. The molecule has 0 unspecified atom stereocenters. The van der Waals surface area contributed by atoms with Gasteiger partial charge in [0, 0.05) is 25.0 Å². The highest BCUT2D eigenvalue weighted by molar-refractivity contribution is 7.98. The van der Waals surface area contributed by atoms with Crippen LogP contribution < -0.4 is 5.32 Å². The molecule has 10 heteroatoms. The van der Waals surface area contributed by atoms with E-state index in [-0.39, 0.29) is 4.90 Å². The van der Waals surface area contributed by atoms with E-state index >= 15 is 0 Å². The Morgan fingerprint density at radius 2 is 1.81 bits per heavy atom. The number of hydrogen-bond acceptors (Lipinski definition) is 7. The highest BCUT2D eigenvalue weighted by Crippen LogP contribution is 2.22. The molecule has 1 aromatic heterocycles. The first-order chi connectivity index (χ1) is 14.8. The molecule has 1 aromatic carbocycles. The number of amides is 1. The van der Waals surface area contributed by atoms with E-state index in [1.165, 1.54) is 47.3 Å². The van der Waals surface area contributed by atoms with Gasteiger partial charge in [-0.3, -0.25) is 4.79 Å². The number of piperidine rings is 1. The molecule has 0 aliphatic carbocycles. The standard InChI is InChI=1S/C21H25N3O5S2/c1-15(29-21(26)18-7-6-12-22-20(18)30-2)19(25)23-16-8-10-17(11-9-16)31(27,28)24-13-4-3-5-14-24/h6-12,15H,3-5,13-14H2,1-2H3,(H,23,25)/t15-/m0/s1. The van der Waals surface area contributed by atoms with Crippen LogP contribution in [0.25, 0.3) is 0 Å². The summed E-state index contributed by atoms with van der Waals surface area (Å²) in [5.41, 5.74) is 0.707. The van der Waals surface area contributed by atoms with Crippen molar-refractivity contribution in [2.75, 3.05) is 24.7 Å². The van der Waals surface area contributed by atoms with Crippen molar-refractivity contribution in [3.63, 3.8) is 0 Å². The van der Waals surface area contributed by atoms with E-state index in [0.29, 0.717) is 29.4 Å². The zero-order valence-corrected chi connectivity index (χ0v) is 19.0. The number of nitrogens with one attached hydrogen (secondary N) is 1. The fraction of sp³-hybridized carbons (Fsp3) is 0.381. The fourth-order valence-corrected chi connectivity index (χ4v) is 5.25. The molecule has 1 aliphatic rings. The van der Waals surface area contributed by atoms with Crippen LogP contribution in [0.15, 0.2) is 52.5 Å². The van der Waals surface area contributed by atoms with Crippen LogP contribution in [-0.4, -0.2) is 55.0 Å². The zero-order chi connectivity index (χ0) is 22.4. The second-order valence-electron chi connectivity index (χ2n) is 7.09. The third-order valence-corrected chi connectivity index (χ3v) is 7.54. The number of anilines is 1. The Bertz CT molecular complexity index is 1040. The Hall–Kier alpha value is -2.43. The molecule has 31 heavy (non-hydrogen) atoms. The van der Waals surface area contributed by atoms with Gasteiger partial charge in [0.25, 0.3) is 5.91 Å². The predicted octanol–water partition coefficient (Wildman–Crippen LogP) is 3.16. The molecule has 1 aliphatic heterocycles. The van der Waals surface area contributed by atoms with Gasteiger partial charge in [-0.25, -0.2) is 18.2 Å². The molecule has 1 N–H and O–H groups in total. The number of carbonyl (C=O) groups excluding carboxylic acids is 2. The minimum Gasteiger partial charge on any atom is -0.449 e. The van der Waals surface area contributed by atoms with E-state index in [2.05, 4.69) is 10.3 Å². The van der Waals surface area contributed by atoms with Crippen molar-refractivity contribution in [1.29, 1.82) is 0 Å². The van der Waals surface area contributed by atoms with E-state index in [1.807, 2.05) is 0 Å². The Balaban J connectivity index is 1.61. The fourth-order valence-electron chi connectivity index (χ4n) is 3.19. The molecule has 0 spiro atoms. The number of carbonyl (C=O) groups is 2. The summed E-state index contributed by atoms with van der Waals surface area (Å²) in [6.45, 7) is 2.52. The molecular weight excluding hydrogens is 438 g/mol. The number of nitrogens with zero attached hydrogens (tertiary/aromatic N) is 2. The van der Waals surface area contributed by atoms with E-state index in [0.717, 1.165) is 19.3 Å². The van der Waals surface area contributed by atoms with E-state index in [1.54, 1.807) is 24.6 Å². The molecule has 0 saturated carbocycles. The molecule has 8 nitrogen and oxygen atoms in total. The third-order valence-electron chi connectivity index (χ3n) is 4.91. The minimum absolute atomic E-state index is 0.188. The molecule has 1 amide bonds. The second-order valence-corrected chi connectivity index (χ2v) is 9.82. The van der Waals surface area contributed by atoms with Crippen molar-refractivity contribution in [2.24, 2.45) is 0 Å². The quantitative estimate of drug-likeness (QED) is 0.497. The van der Waals surface area contributed by atoms with Crippen LogP contribution in [0.2, 0.25) is 0 Å². The topological polar surface area (TPSA) is 106 Å². The SMILES string of the molecule is CSc1ncccc1C(=O)O[C@@H](C)C(=O)Nc1ccc(S(=O)(=O)N2CCCCC2)cc1. The number of ether oxygens (including phenoxy) is 1. The molecule has 1 atom stereocenters. The molecule has 166 valence electrons. The Kier molecular flexibility index (Phi) is 7.69. The predicted molar refractivity (Wildman–Crippen MR) is 119 cm³/mol. The normalized spacial score (nSPS) is 15.8. The number of benzene rings is 1. The third kappa shape index (κ3) is 5.63. The lowest BCUT2D eigenvalue weighted by Crippen LogP contribution is -2.35. The van der Waals surface area contributed by atoms with Crippen LogP contribution in [0.1, 0.15) is 36.5 Å². The summed E-state index contributed by atoms with van der Waals surface area (Å²) < 4.78 is 32.2. The van der Waals surface area contributed by atoms with Gasteiger partial charge in [-0.05, 0) is 62.4 Å². The van der Waals surface area contributed by atoms with Crippen LogP contribution in [0.3, 0.4) is 0 Å². The second kappa shape index (κ2) is 10.3. The first-order valence-corrected chi connectivity index (χ1v) is 12.6. The molecule has 0 radical (unpaired) electrons. The summed E-state index contributed by atoms with van der Waals surface area (Å²) in [6, 6.07) is 9.20. The summed E-state index contributed by atoms with van der Waals surface area (Å²) in [5.74, 6) is -1.15. The van der Waals surface area contributed by atoms with Gasteiger partial charge in [0.1, 0.15) is 5.03 Å². The van der Waals surface area contributed by atoms with Crippen LogP contribution in [0.4, 0.5) is 5.69 Å². The molecule has 1 fully saturated rings. The largest absolute Gasteiger partial charge is 0.449 e. The van der Waals surface area contributed by atoms with Crippen molar-refractivity contribution in [3.8, 4) is 0 Å². The number of aromatic nitrogens is 1. The number of sulfonamides is 1. The molecule has 1 saturated heterocycles. The van der Waals surface area contributed by atoms with Crippen molar-refractivity contribution in [3.05, 3.63) is 48.2 Å². The summed E-state index contributed by atoms with van der Waals surface area (Å²) in [4.78, 5) is 29.1. The van der Waals surface area contributed by atoms with Gasteiger partial charge >= 0.3 is 5.97 Å². The molecule has 2 aromatic rings. The van der Waals surface area contributed by atoms with Gasteiger partial charge in [-0.1, -0.05) is 6.42 Å². The first kappa shape index (κ1) is 23.2. The van der Waals surface area contributed by atoms with Crippen molar-refractivity contribution in [1.82, 2.24) is 9.29 Å². The van der Waals surface area contributed by atoms with Gasteiger partial charge in [0.05, 0.1) is 10.5 Å².